The van der Waals surface area contributed by atoms with Crippen LogP contribution in [0.4, 0.5) is 0 Å². The van der Waals surface area contributed by atoms with Crippen LogP contribution in [0.25, 0.3) is 0 Å². The fraction of sp³-hybridized carbons (Fsp3) is 0.538. The standard InChI is InChI=1S/C13H18O/c1-11-7-8-13(9-11)14-10-12-5-3-2-4-6-12/h2-6,11,13H,7-10H2,1H3/t11-,13+/m0/s1. The van der Waals surface area contributed by atoms with Crippen LogP contribution in [0, 0.1) is 5.92 Å². The Hall–Kier alpha value is -0.820. The second-order valence-corrected chi connectivity index (χ2v) is 4.34. The highest BCUT2D eigenvalue weighted by molar-refractivity contribution is 5.13. The first kappa shape index (κ1) is 9.72. The summed E-state index contributed by atoms with van der Waals surface area (Å²) in [4.78, 5) is 0. The van der Waals surface area contributed by atoms with E-state index in [1.807, 2.05) is 6.07 Å². The topological polar surface area (TPSA) is 9.23 Å². The van der Waals surface area contributed by atoms with E-state index in [0.717, 1.165) is 12.5 Å². The average molecular weight is 190 g/mol. The quantitative estimate of drug-likeness (QED) is 0.710. The van der Waals surface area contributed by atoms with Gasteiger partial charge in [0, 0.05) is 0 Å². The van der Waals surface area contributed by atoms with E-state index in [1.54, 1.807) is 0 Å². The summed E-state index contributed by atoms with van der Waals surface area (Å²) in [6.45, 7) is 3.09. The van der Waals surface area contributed by atoms with Gasteiger partial charge < -0.3 is 4.74 Å². The van der Waals surface area contributed by atoms with Crippen molar-refractivity contribution in [1.29, 1.82) is 0 Å². The maximum atomic E-state index is 5.86. The normalized spacial score (nSPS) is 26.6. The number of hydrogen-bond acceptors (Lipinski definition) is 1. The Morgan fingerprint density at radius 3 is 2.64 bits per heavy atom. The Balaban J connectivity index is 1.78. The monoisotopic (exact) mass is 190 g/mol. The molecule has 14 heavy (non-hydrogen) atoms. The van der Waals surface area contributed by atoms with Crippen LogP contribution < -0.4 is 0 Å². The molecule has 0 aromatic heterocycles. The summed E-state index contributed by atoms with van der Waals surface area (Å²) in [6.07, 6.45) is 4.32. The van der Waals surface area contributed by atoms with Gasteiger partial charge in [-0.15, -0.1) is 0 Å². The fourth-order valence-corrected chi connectivity index (χ4v) is 2.09. The molecule has 1 fully saturated rings. The van der Waals surface area contributed by atoms with Crippen molar-refractivity contribution in [2.75, 3.05) is 0 Å². The van der Waals surface area contributed by atoms with Crippen LogP contribution in [-0.4, -0.2) is 6.10 Å². The Morgan fingerprint density at radius 1 is 1.21 bits per heavy atom. The molecule has 0 unspecified atom stereocenters. The molecule has 1 aromatic carbocycles. The second-order valence-electron chi connectivity index (χ2n) is 4.34. The SMILES string of the molecule is C[C@H]1CC[C@@H](OCc2ccccc2)C1. The largest absolute Gasteiger partial charge is 0.374 e. The van der Waals surface area contributed by atoms with Crippen molar-refractivity contribution in [2.24, 2.45) is 5.92 Å². The van der Waals surface area contributed by atoms with Gasteiger partial charge in [-0.2, -0.15) is 0 Å². The zero-order chi connectivity index (χ0) is 9.80. The van der Waals surface area contributed by atoms with E-state index in [0.29, 0.717) is 6.10 Å². The lowest BCUT2D eigenvalue weighted by atomic mass is 10.1. The zero-order valence-electron chi connectivity index (χ0n) is 8.78. The van der Waals surface area contributed by atoms with Gasteiger partial charge in [-0.3, -0.25) is 0 Å². The highest BCUT2D eigenvalue weighted by Gasteiger charge is 2.21. The van der Waals surface area contributed by atoms with Crippen LogP contribution in [0.1, 0.15) is 31.7 Å². The van der Waals surface area contributed by atoms with Gasteiger partial charge in [-0.05, 0) is 30.7 Å². The maximum Gasteiger partial charge on any atom is 0.0720 e. The van der Waals surface area contributed by atoms with Crippen LogP contribution in [-0.2, 0) is 11.3 Å². The molecule has 0 aliphatic heterocycles. The molecule has 76 valence electrons. The second kappa shape index (κ2) is 4.61. The van der Waals surface area contributed by atoms with Gasteiger partial charge in [-0.25, -0.2) is 0 Å². The van der Waals surface area contributed by atoms with Crippen LogP contribution in [0.3, 0.4) is 0 Å². The Labute approximate surface area is 86.1 Å². The smallest absolute Gasteiger partial charge is 0.0720 e. The molecule has 0 radical (unpaired) electrons. The van der Waals surface area contributed by atoms with Crippen molar-refractivity contribution in [2.45, 2.75) is 38.9 Å². The average Bonchev–Trinajstić information content (AvgIpc) is 2.63. The molecule has 2 rings (SSSR count). The Morgan fingerprint density at radius 2 is 2.00 bits per heavy atom. The van der Waals surface area contributed by atoms with Gasteiger partial charge in [0.2, 0.25) is 0 Å². The molecule has 1 aliphatic carbocycles. The maximum absolute atomic E-state index is 5.86. The number of ether oxygens (including phenoxy) is 1. The van der Waals surface area contributed by atoms with E-state index >= 15 is 0 Å². The Bertz CT molecular complexity index is 268. The molecule has 0 amide bonds. The molecule has 1 aliphatic rings. The van der Waals surface area contributed by atoms with E-state index in [2.05, 4.69) is 31.2 Å². The van der Waals surface area contributed by atoms with E-state index in [-0.39, 0.29) is 0 Å². The van der Waals surface area contributed by atoms with Gasteiger partial charge >= 0.3 is 0 Å². The lowest BCUT2D eigenvalue weighted by Crippen LogP contribution is -2.07. The molecule has 0 bridgehead atoms. The van der Waals surface area contributed by atoms with Crippen LogP contribution in [0.5, 0.6) is 0 Å². The number of hydrogen-bond donors (Lipinski definition) is 0. The summed E-state index contributed by atoms with van der Waals surface area (Å²) in [5.74, 6) is 0.857. The minimum atomic E-state index is 0.505. The zero-order valence-corrected chi connectivity index (χ0v) is 8.78. The van der Waals surface area contributed by atoms with Crippen molar-refractivity contribution < 1.29 is 4.74 Å². The van der Waals surface area contributed by atoms with Crippen molar-refractivity contribution in [3.05, 3.63) is 35.9 Å². The molecular weight excluding hydrogens is 172 g/mol. The molecule has 1 heteroatoms. The highest BCUT2D eigenvalue weighted by Crippen LogP contribution is 2.27. The third-order valence-corrected chi connectivity index (χ3v) is 2.98. The van der Waals surface area contributed by atoms with Crippen LogP contribution >= 0.6 is 0 Å². The fourth-order valence-electron chi connectivity index (χ4n) is 2.09. The summed E-state index contributed by atoms with van der Waals surface area (Å²) < 4.78 is 5.86. The van der Waals surface area contributed by atoms with E-state index in [9.17, 15) is 0 Å². The van der Waals surface area contributed by atoms with E-state index in [1.165, 1.54) is 24.8 Å². The molecular formula is C13H18O. The molecule has 1 aromatic rings. The lowest BCUT2D eigenvalue weighted by molar-refractivity contribution is 0.0434. The molecule has 0 heterocycles. The van der Waals surface area contributed by atoms with Gasteiger partial charge in [-0.1, -0.05) is 37.3 Å². The van der Waals surface area contributed by atoms with Crippen molar-refractivity contribution in [3.8, 4) is 0 Å². The molecule has 1 saturated carbocycles. The van der Waals surface area contributed by atoms with Crippen LogP contribution in [0.2, 0.25) is 0 Å². The van der Waals surface area contributed by atoms with Crippen molar-refractivity contribution >= 4 is 0 Å². The number of rotatable bonds is 3. The third kappa shape index (κ3) is 2.58. The molecule has 2 atom stereocenters. The minimum absolute atomic E-state index is 0.505. The predicted molar refractivity (Wildman–Crippen MR) is 58.0 cm³/mol. The Kier molecular flexibility index (Phi) is 3.20. The predicted octanol–water partition coefficient (Wildman–Crippen LogP) is 3.39. The third-order valence-electron chi connectivity index (χ3n) is 2.98. The summed E-state index contributed by atoms with van der Waals surface area (Å²) in [6, 6.07) is 10.4. The van der Waals surface area contributed by atoms with E-state index < -0.39 is 0 Å². The van der Waals surface area contributed by atoms with Crippen molar-refractivity contribution in [1.82, 2.24) is 0 Å². The first-order valence-corrected chi connectivity index (χ1v) is 5.50. The number of benzene rings is 1. The van der Waals surface area contributed by atoms with Gasteiger partial charge in [0.05, 0.1) is 12.7 Å². The van der Waals surface area contributed by atoms with Gasteiger partial charge in [0.25, 0.3) is 0 Å². The first-order chi connectivity index (χ1) is 6.84. The van der Waals surface area contributed by atoms with Gasteiger partial charge in [0.1, 0.15) is 0 Å². The van der Waals surface area contributed by atoms with E-state index in [4.69, 9.17) is 4.74 Å². The molecule has 0 N–H and O–H groups in total. The van der Waals surface area contributed by atoms with Gasteiger partial charge in [0.15, 0.2) is 0 Å². The summed E-state index contributed by atoms with van der Waals surface area (Å²) in [5, 5.41) is 0. The van der Waals surface area contributed by atoms with Crippen molar-refractivity contribution in [3.63, 3.8) is 0 Å². The lowest BCUT2D eigenvalue weighted by Gasteiger charge is -2.11. The summed E-state index contributed by atoms with van der Waals surface area (Å²) >= 11 is 0. The van der Waals surface area contributed by atoms with Crippen LogP contribution in [0.15, 0.2) is 30.3 Å². The first-order valence-electron chi connectivity index (χ1n) is 5.50. The molecule has 0 spiro atoms. The summed E-state index contributed by atoms with van der Waals surface area (Å²) in [5.41, 5.74) is 1.28. The molecule has 0 saturated heterocycles. The minimum Gasteiger partial charge on any atom is -0.374 e. The highest BCUT2D eigenvalue weighted by atomic mass is 16.5. The molecule has 1 nitrogen and oxygen atoms in total. The summed E-state index contributed by atoms with van der Waals surface area (Å²) in [7, 11) is 0.